The van der Waals surface area contributed by atoms with Gasteiger partial charge in [0, 0.05) is 30.9 Å². The van der Waals surface area contributed by atoms with Crippen LogP contribution in [0.25, 0.3) is 15.7 Å². The fraction of sp³-hybridized carbons (Fsp3) is 0.571. The van der Waals surface area contributed by atoms with Crippen molar-refractivity contribution in [2.45, 2.75) is 45.2 Å². The molecule has 1 aliphatic carbocycles. The van der Waals surface area contributed by atoms with Gasteiger partial charge in [0.2, 0.25) is 6.54 Å². The lowest BCUT2D eigenvalue weighted by molar-refractivity contribution is 0.409. The lowest BCUT2D eigenvalue weighted by Crippen LogP contribution is -2.44. The van der Waals surface area contributed by atoms with Crippen molar-refractivity contribution in [3.05, 3.63) is 50.0 Å². The second-order valence-corrected chi connectivity index (χ2v) is 8.28. The van der Waals surface area contributed by atoms with Crippen LogP contribution in [-0.4, -0.2) is 41.5 Å². The number of fused-ring (bicyclic) bond motifs is 1. The number of rotatable bonds is 6. The summed E-state index contributed by atoms with van der Waals surface area (Å²) in [4.78, 5) is 31.0. The SMILES string of the molecule is [C-]#[N+]CCNC(C)C1CCN(c2ccc3c(=O)n(N)c(=O)n(C4CC4)c3c2C)C1. The lowest BCUT2D eigenvalue weighted by atomic mass is 10.0. The van der Waals surface area contributed by atoms with Crippen LogP contribution < -0.4 is 27.3 Å². The maximum Gasteiger partial charge on any atom is 0.350 e. The predicted molar refractivity (Wildman–Crippen MR) is 115 cm³/mol. The summed E-state index contributed by atoms with van der Waals surface area (Å²) in [6, 6.07) is 4.27. The molecule has 1 saturated heterocycles. The number of nitrogens with zero attached hydrogens (tertiary/aromatic N) is 4. The molecule has 0 spiro atoms. The standard InChI is InChI=1S/C21H28N6O2/c1-13-18(25-11-8-15(12-25)14(2)24-10-9-23-3)7-6-17-19(13)26(16-4-5-16)21(29)27(22)20(17)28/h6-7,14-16,24H,4-5,8-12,22H2,1-2H3. The van der Waals surface area contributed by atoms with Gasteiger partial charge >= 0.3 is 5.69 Å². The molecule has 154 valence electrons. The summed E-state index contributed by atoms with van der Waals surface area (Å²) in [5, 5.41) is 3.96. The number of nitrogens with two attached hydrogens (primary N) is 1. The van der Waals surface area contributed by atoms with Crippen LogP contribution in [0, 0.1) is 19.4 Å². The smallest absolute Gasteiger partial charge is 0.350 e. The zero-order chi connectivity index (χ0) is 20.7. The third-order valence-electron chi connectivity index (χ3n) is 6.38. The van der Waals surface area contributed by atoms with E-state index < -0.39 is 11.2 Å². The van der Waals surface area contributed by atoms with Crippen LogP contribution in [0.1, 0.15) is 37.8 Å². The molecule has 0 bridgehead atoms. The Balaban J connectivity index is 1.68. The zero-order valence-corrected chi connectivity index (χ0v) is 17.0. The summed E-state index contributed by atoms with van der Waals surface area (Å²) < 4.78 is 2.46. The van der Waals surface area contributed by atoms with Gasteiger partial charge in [-0.1, -0.05) is 0 Å². The highest BCUT2D eigenvalue weighted by atomic mass is 16.2. The monoisotopic (exact) mass is 396 g/mol. The van der Waals surface area contributed by atoms with Crippen molar-refractivity contribution in [3.63, 3.8) is 0 Å². The number of aryl methyl sites for hydroxylation is 1. The Morgan fingerprint density at radius 2 is 2.07 bits per heavy atom. The van der Waals surface area contributed by atoms with E-state index in [2.05, 4.69) is 22.0 Å². The molecule has 8 heteroatoms. The largest absolute Gasteiger partial charge is 0.371 e. The molecule has 2 unspecified atom stereocenters. The van der Waals surface area contributed by atoms with Crippen molar-refractivity contribution < 1.29 is 0 Å². The second kappa shape index (κ2) is 7.56. The Labute approximate surface area is 169 Å². The zero-order valence-electron chi connectivity index (χ0n) is 17.0. The fourth-order valence-corrected chi connectivity index (χ4v) is 4.54. The minimum Gasteiger partial charge on any atom is -0.371 e. The van der Waals surface area contributed by atoms with Crippen molar-refractivity contribution >= 4 is 16.6 Å². The van der Waals surface area contributed by atoms with Crippen LogP contribution in [0.3, 0.4) is 0 Å². The van der Waals surface area contributed by atoms with E-state index >= 15 is 0 Å². The van der Waals surface area contributed by atoms with Crippen molar-refractivity contribution in [3.8, 4) is 0 Å². The van der Waals surface area contributed by atoms with E-state index in [9.17, 15) is 9.59 Å². The van der Waals surface area contributed by atoms with Crippen molar-refractivity contribution in [1.29, 1.82) is 0 Å². The van der Waals surface area contributed by atoms with Gasteiger partial charge in [-0.15, -0.1) is 0 Å². The number of nitrogen functional groups attached to an aromatic ring is 1. The summed E-state index contributed by atoms with van der Waals surface area (Å²) in [6.45, 7) is 14.2. The van der Waals surface area contributed by atoms with Crippen LogP contribution >= 0.6 is 0 Å². The first-order valence-corrected chi connectivity index (χ1v) is 10.3. The summed E-state index contributed by atoms with van der Waals surface area (Å²) in [5.41, 5.74) is 1.92. The number of aromatic nitrogens is 2. The summed E-state index contributed by atoms with van der Waals surface area (Å²) in [7, 11) is 0. The molecule has 4 rings (SSSR count). The maximum atomic E-state index is 12.7. The van der Waals surface area contributed by atoms with E-state index in [0.29, 0.717) is 23.9 Å². The summed E-state index contributed by atoms with van der Waals surface area (Å²) in [6.07, 6.45) is 2.95. The molecule has 1 aromatic carbocycles. The molecule has 2 aliphatic rings. The minimum atomic E-state index is -0.437. The average molecular weight is 396 g/mol. The normalized spacial score (nSPS) is 20.2. The maximum absolute atomic E-state index is 12.7. The quantitative estimate of drug-likeness (QED) is 0.436. The van der Waals surface area contributed by atoms with Gasteiger partial charge in [-0.25, -0.2) is 11.4 Å². The van der Waals surface area contributed by atoms with E-state index in [1.54, 1.807) is 4.57 Å². The Morgan fingerprint density at radius 3 is 2.76 bits per heavy atom. The van der Waals surface area contributed by atoms with Gasteiger partial charge in [0.25, 0.3) is 5.56 Å². The second-order valence-electron chi connectivity index (χ2n) is 8.28. The molecule has 2 atom stereocenters. The molecule has 3 N–H and O–H groups in total. The van der Waals surface area contributed by atoms with Crippen LogP contribution in [0.4, 0.5) is 5.69 Å². The summed E-state index contributed by atoms with van der Waals surface area (Å²) >= 11 is 0. The first kappa shape index (κ1) is 19.5. The number of benzene rings is 1. The van der Waals surface area contributed by atoms with E-state index in [1.165, 1.54) is 0 Å². The highest BCUT2D eigenvalue weighted by Crippen LogP contribution is 2.38. The molecule has 29 heavy (non-hydrogen) atoms. The molecular weight excluding hydrogens is 368 g/mol. The van der Waals surface area contributed by atoms with Crippen molar-refractivity contribution in [2.24, 2.45) is 5.92 Å². The molecule has 1 aliphatic heterocycles. The van der Waals surface area contributed by atoms with Crippen molar-refractivity contribution in [2.75, 3.05) is 36.9 Å². The van der Waals surface area contributed by atoms with Crippen LogP contribution in [0.2, 0.25) is 0 Å². The molecule has 1 aromatic heterocycles. The highest BCUT2D eigenvalue weighted by molar-refractivity contribution is 5.87. The number of hydrogen-bond acceptors (Lipinski definition) is 5. The van der Waals surface area contributed by atoms with Gasteiger partial charge < -0.3 is 20.9 Å². The van der Waals surface area contributed by atoms with Gasteiger partial charge in [0.1, 0.15) is 0 Å². The Hall–Kier alpha value is -2.79. The molecule has 2 heterocycles. The van der Waals surface area contributed by atoms with Crippen LogP contribution in [0.5, 0.6) is 0 Å². The third kappa shape index (κ3) is 3.40. The topological polar surface area (TPSA) is 89.7 Å². The van der Waals surface area contributed by atoms with Crippen LogP contribution in [-0.2, 0) is 0 Å². The fourth-order valence-electron chi connectivity index (χ4n) is 4.54. The molecule has 0 radical (unpaired) electrons. The Morgan fingerprint density at radius 1 is 1.31 bits per heavy atom. The third-order valence-corrected chi connectivity index (χ3v) is 6.38. The average Bonchev–Trinajstić information content (AvgIpc) is 3.42. The van der Waals surface area contributed by atoms with E-state index in [1.807, 2.05) is 19.1 Å². The summed E-state index contributed by atoms with van der Waals surface area (Å²) in [5.74, 6) is 6.26. The number of anilines is 1. The van der Waals surface area contributed by atoms with Gasteiger partial charge in [0.05, 0.1) is 17.4 Å². The molecule has 8 nitrogen and oxygen atoms in total. The predicted octanol–water partition coefficient (Wildman–Crippen LogP) is 1.24. The van der Waals surface area contributed by atoms with Gasteiger partial charge in [-0.3, -0.25) is 9.36 Å². The molecular formula is C21H28N6O2. The van der Waals surface area contributed by atoms with E-state index in [0.717, 1.165) is 60.3 Å². The Bertz CT molecular complexity index is 1090. The van der Waals surface area contributed by atoms with E-state index in [4.69, 9.17) is 12.4 Å². The molecule has 2 aromatic rings. The highest BCUT2D eigenvalue weighted by Gasteiger charge is 2.31. The molecule has 2 fully saturated rings. The van der Waals surface area contributed by atoms with Gasteiger partial charge in [-0.05, 0) is 56.7 Å². The van der Waals surface area contributed by atoms with E-state index in [-0.39, 0.29) is 6.04 Å². The number of nitrogens with one attached hydrogen (secondary N) is 1. The Kier molecular flexibility index (Phi) is 5.09. The first-order valence-electron chi connectivity index (χ1n) is 10.3. The lowest BCUT2D eigenvalue weighted by Gasteiger charge is -2.25. The molecule has 1 saturated carbocycles. The van der Waals surface area contributed by atoms with Gasteiger partial charge in [-0.2, -0.15) is 4.68 Å². The van der Waals surface area contributed by atoms with Gasteiger partial charge in [0.15, 0.2) is 0 Å². The number of hydrogen-bond donors (Lipinski definition) is 2. The first-order chi connectivity index (χ1) is 13.9. The van der Waals surface area contributed by atoms with Crippen molar-refractivity contribution in [1.82, 2.24) is 14.6 Å². The molecule has 0 amide bonds. The van der Waals surface area contributed by atoms with Crippen LogP contribution in [0.15, 0.2) is 21.7 Å². The minimum absolute atomic E-state index is 0.132.